The van der Waals surface area contributed by atoms with E-state index in [-0.39, 0.29) is 17.1 Å². The molecule has 1 aliphatic carbocycles. The molecule has 0 bridgehead atoms. The van der Waals surface area contributed by atoms with Gasteiger partial charge in [0.1, 0.15) is 11.5 Å². The van der Waals surface area contributed by atoms with Crippen LogP contribution in [-0.2, 0) is 20.1 Å². The van der Waals surface area contributed by atoms with Crippen LogP contribution in [0.2, 0.25) is 0 Å². The molecule has 3 N–H and O–H groups in total. The van der Waals surface area contributed by atoms with Crippen molar-refractivity contribution in [2.24, 2.45) is 13.0 Å². The van der Waals surface area contributed by atoms with E-state index in [1.807, 2.05) is 6.07 Å². The number of nitrogen functional groups attached to an aromatic ring is 1. The highest BCUT2D eigenvalue weighted by molar-refractivity contribution is 6.05. The number of nitrogens with one attached hydrogen (secondary N) is 1. The van der Waals surface area contributed by atoms with Crippen molar-refractivity contribution in [3.63, 3.8) is 0 Å². The van der Waals surface area contributed by atoms with E-state index in [0.717, 1.165) is 27.5 Å². The minimum atomic E-state index is -0.610. The third-order valence-electron chi connectivity index (χ3n) is 5.27. The molecule has 2 aromatic heterocycles. The maximum absolute atomic E-state index is 12.8. The van der Waals surface area contributed by atoms with Crippen LogP contribution in [0.5, 0.6) is 0 Å². The number of nitrogens with two attached hydrogens (primary N) is 1. The molecule has 10 nitrogen and oxygen atoms in total. The van der Waals surface area contributed by atoms with E-state index in [9.17, 15) is 14.4 Å². The maximum atomic E-state index is 12.8. The zero-order valence-electron chi connectivity index (χ0n) is 16.9. The molecule has 31 heavy (non-hydrogen) atoms. The molecule has 0 unspecified atom stereocenters. The number of nitriles is 1. The quantitative estimate of drug-likeness (QED) is 0.608. The number of aromatic nitrogens is 4. The standard InChI is InChI=1S/C21H21N7O3/c1-26-18(23)17(20(30)28(21(26)31)11-13-5-6-13)25-19(29)16-9-24-27(12-16)10-15-4-2-3-14(7-15)8-22/h2-4,7,9,12-13H,5-6,10-11,23H2,1H3,(H,25,29). The van der Waals surface area contributed by atoms with Gasteiger partial charge in [0.2, 0.25) is 0 Å². The monoisotopic (exact) mass is 419 g/mol. The third kappa shape index (κ3) is 4.11. The first-order valence-corrected chi connectivity index (χ1v) is 9.79. The number of nitrogens with zero attached hydrogens (tertiary/aromatic N) is 5. The van der Waals surface area contributed by atoms with Gasteiger partial charge in [-0.2, -0.15) is 10.4 Å². The summed E-state index contributed by atoms with van der Waals surface area (Å²) in [5, 5.41) is 15.7. The van der Waals surface area contributed by atoms with E-state index >= 15 is 0 Å². The van der Waals surface area contributed by atoms with Crippen molar-refractivity contribution in [3.8, 4) is 6.07 Å². The summed E-state index contributed by atoms with van der Waals surface area (Å²) in [6.45, 7) is 0.688. The Hall–Kier alpha value is -4.13. The summed E-state index contributed by atoms with van der Waals surface area (Å²) < 4.78 is 3.83. The van der Waals surface area contributed by atoms with E-state index in [1.165, 1.54) is 19.4 Å². The Kier molecular flexibility index (Phi) is 5.17. The van der Waals surface area contributed by atoms with Gasteiger partial charge in [-0.25, -0.2) is 4.79 Å². The average Bonchev–Trinajstić information content (AvgIpc) is 3.48. The third-order valence-corrected chi connectivity index (χ3v) is 5.27. The molecule has 1 fully saturated rings. The van der Waals surface area contributed by atoms with Crippen LogP contribution in [0.4, 0.5) is 11.5 Å². The summed E-state index contributed by atoms with van der Waals surface area (Å²) in [7, 11) is 1.46. The molecule has 158 valence electrons. The lowest BCUT2D eigenvalue weighted by atomic mass is 10.1. The minimum Gasteiger partial charge on any atom is -0.383 e. The van der Waals surface area contributed by atoms with Gasteiger partial charge in [0, 0.05) is 19.8 Å². The van der Waals surface area contributed by atoms with Crippen molar-refractivity contribution in [2.45, 2.75) is 25.9 Å². The lowest BCUT2D eigenvalue weighted by molar-refractivity contribution is 0.102. The van der Waals surface area contributed by atoms with Gasteiger partial charge >= 0.3 is 5.69 Å². The summed E-state index contributed by atoms with van der Waals surface area (Å²) in [5.41, 5.74) is 6.35. The number of carbonyl (C=O) groups is 1. The highest BCUT2D eigenvalue weighted by atomic mass is 16.2. The predicted octanol–water partition coefficient (Wildman–Crippen LogP) is 0.908. The van der Waals surface area contributed by atoms with Crippen LogP contribution >= 0.6 is 0 Å². The second kappa shape index (κ2) is 7.95. The molecule has 1 amide bonds. The van der Waals surface area contributed by atoms with Crippen molar-refractivity contribution < 1.29 is 4.79 Å². The Balaban J connectivity index is 1.56. The molecule has 2 heterocycles. The summed E-state index contributed by atoms with van der Waals surface area (Å²) in [6, 6.07) is 9.17. The molecule has 1 aliphatic rings. The first-order chi connectivity index (χ1) is 14.9. The van der Waals surface area contributed by atoms with Gasteiger partial charge in [0.05, 0.1) is 29.9 Å². The molecule has 1 saturated carbocycles. The van der Waals surface area contributed by atoms with Crippen LogP contribution in [0, 0.1) is 17.2 Å². The Morgan fingerprint density at radius 1 is 1.35 bits per heavy atom. The van der Waals surface area contributed by atoms with Gasteiger partial charge in [-0.3, -0.25) is 23.4 Å². The first kappa shape index (κ1) is 20.2. The molecule has 4 rings (SSSR count). The largest absolute Gasteiger partial charge is 0.383 e. The van der Waals surface area contributed by atoms with Crippen molar-refractivity contribution in [1.82, 2.24) is 18.9 Å². The predicted molar refractivity (Wildman–Crippen MR) is 114 cm³/mol. The Bertz CT molecular complexity index is 1320. The molecule has 0 saturated heterocycles. The lowest BCUT2D eigenvalue weighted by Gasteiger charge is -2.14. The molecule has 0 aliphatic heterocycles. The van der Waals surface area contributed by atoms with E-state index in [0.29, 0.717) is 24.6 Å². The number of hydrogen-bond acceptors (Lipinski definition) is 6. The van der Waals surface area contributed by atoms with E-state index in [1.54, 1.807) is 22.9 Å². The van der Waals surface area contributed by atoms with Gasteiger partial charge in [-0.15, -0.1) is 0 Å². The number of anilines is 2. The number of rotatable bonds is 6. The lowest BCUT2D eigenvalue weighted by Crippen LogP contribution is -2.42. The van der Waals surface area contributed by atoms with Gasteiger partial charge < -0.3 is 11.1 Å². The van der Waals surface area contributed by atoms with Crippen molar-refractivity contribution in [1.29, 1.82) is 5.26 Å². The van der Waals surface area contributed by atoms with Crippen molar-refractivity contribution in [2.75, 3.05) is 11.1 Å². The van der Waals surface area contributed by atoms with Gasteiger partial charge in [0.15, 0.2) is 0 Å². The highest BCUT2D eigenvalue weighted by Gasteiger charge is 2.26. The number of amides is 1. The number of hydrogen-bond donors (Lipinski definition) is 2. The summed E-state index contributed by atoms with van der Waals surface area (Å²) in [6.07, 6.45) is 4.86. The summed E-state index contributed by atoms with van der Waals surface area (Å²) >= 11 is 0. The van der Waals surface area contributed by atoms with Crippen LogP contribution in [-0.4, -0.2) is 24.8 Å². The summed E-state index contributed by atoms with van der Waals surface area (Å²) in [5.74, 6) is -0.358. The number of benzene rings is 1. The topological polar surface area (TPSA) is 141 Å². The van der Waals surface area contributed by atoms with Crippen LogP contribution in [0.3, 0.4) is 0 Å². The SMILES string of the molecule is Cn1c(N)c(NC(=O)c2cnn(Cc3cccc(C#N)c3)c2)c(=O)n(CC2CC2)c1=O. The first-order valence-electron chi connectivity index (χ1n) is 9.79. The molecule has 10 heteroatoms. The average molecular weight is 419 g/mol. The van der Waals surface area contributed by atoms with Crippen LogP contribution in [0.15, 0.2) is 46.2 Å². The molecule has 1 aromatic carbocycles. The molecular formula is C21H21N7O3. The Labute approximate surface area is 177 Å². The van der Waals surface area contributed by atoms with Gasteiger partial charge in [0.25, 0.3) is 11.5 Å². The Morgan fingerprint density at radius 2 is 2.13 bits per heavy atom. The fourth-order valence-electron chi connectivity index (χ4n) is 3.30. The molecular weight excluding hydrogens is 398 g/mol. The molecule has 0 atom stereocenters. The highest BCUT2D eigenvalue weighted by Crippen LogP contribution is 2.29. The van der Waals surface area contributed by atoms with Crippen LogP contribution in [0.1, 0.15) is 34.3 Å². The zero-order chi connectivity index (χ0) is 22.1. The van der Waals surface area contributed by atoms with Crippen molar-refractivity contribution >= 4 is 17.4 Å². The fraction of sp³-hybridized carbons (Fsp3) is 0.286. The van der Waals surface area contributed by atoms with E-state index in [2.05, 4.69) is 16.5 Å². The molecule has 0 radical (unpaired) electrons. The van der Waals surface area contributed by atoms with Crippen molar-refractivity contribution in [3.05, 3.63) is 74.2 Å². The molecule has 0 spiro atoms. The Morgan fingerprint density at radius 3 is 2.84 bits per heavy atom. The van der Waals surface area contributed by atoms with Crippen LogP contribution in [0.25, 0.3) is 0 Å². The normalized spacial score (nSPS) is 13.0. The summed E-state index contributed by atoms with van der Waals surface area (Å²) in [4.78, 5) is 37.9. The molecule has 3 aromatic rings. The van der Waals surface area contributed by atoms with Gasteiger partial charge in [-0.1, -0.05) is 12.1 Å². The van der Waals surface area contributed by atoms with E-state index < -0.39 is 17.2 Å². The van der Waals surface area contributed by atoms with Crippen LogP contribution < -0.4 is 22.3 Å². The zero-order valence-corrected chi connectivity index (χ0v) is 16.9. The van der Waals surface area contributed by atoms with E-state index in [4.69, 9.17) is 11.0 Å². The second-order valence-electron chi connectivity index (χ2n) is 7.65. The van der Waals surface area contributed by atoms with Gasteiger partial charge in [-0.05, 0) is 36.5 Å². The second-order valence-corrected chi connectivity index (χ2v) is 7.65. The smallest absolute Gasteiger partial charge is 0.332 e. The maximum Gasteiger partial charge on any atom is 0.332 e. The fourth-order valence-corrected chi connectivity index (χ4v) is 3.30. The minimum absolute atomic E-state index is 0.101. The number of carbonyl (C=O) groups excluding carboxylic acids is 1.